The largest absolute Gasteiger partial charge is 0.376 e. The second-order valence-corrected chi connectivity index (χ2v) is 4.26. The fourth-order valence-corrected chi connectivity index (χ4v) is 2.03. The van der Waals surface area contributed by atoms with Crippen LogP contribution in [0.5, 0.6) is 0 Å². The second kappa shape index (κ2) is 4.70. The molecule has 2 rings (SSSR count). The molecule has 0 aliphatic carbocycles. The Bertz CT molecular complexity index is 372. The molecule has 1 N–H and O–H groups in total. The summed E-state index contributed by atoms with van der Waals surface area (Å²) in [7, 11) is 0. The van der Waals surface area contributed by atoms with Crippen LogP contribution in [0.4, 0.5) is 5.95 Å². The van der Waals surface area contributed by atoms with E-state index in [1.165, 1.54) is 0 Å². The zero-order valence-electron chi connectivity index (χ0n) is 9.94. The number of allylic oxidation sites excluding steroid dienone is 1. The zero-order valence-corrected chi connectivity index (χ0v) is 9.94. The fourth-order valence-electron chi connectivity index (χ4n) is 2.03. The molecule has 1 saturated heterocycles. The molecule has 0 saturated carbocycles. The van der Waals surface area contributed by atoms with E-state index in [0.717, 1.165) is 31.2 Å². The van der Waals surface area contributed by atoms with E-state index in [9.17, 15) is 0 Å². The average molecular weight is 221 g/mol. The highest BCUT2D eigenvalue weighted by molar-refractivity contribution is 5.31. The van der Waals surface area contributed by atoms with Crippen molar-refractivity contribution in [1.82, 2.24) is 9.55 Å². The molecule has 1 fully saturated rings. The number of imidazole rings is 1. The third-order valence-electron chi connectivity index (χ3n) is 2.91. The molecule has 1 aromatic heterocycles. The summed E-state index contributed by atoms with van der Waals surface area (Å²) < 4.78 is 7.60. The van der Waals surface area contributed by atoms with Crippen molar-refractivity contribution < 1.29 is 4.74 Å². The van der Waals surface area contributed by atoms with Crippen LogP contribution in [0.25, 0.3) is 0 Å². The number of hydrogen-bond acceptors (Lipinski definition) is 3. The number of aromatic nitrogens is 2. The summed E-state index contributed by atoms with van der Waals surface area (Å²) in [6, 6.07) is 0.366. The molecule has 0 amide bonds. The van der Waals surface area contributed by atoms with Gasteiger partial charge in [0.15, 0.2) is 0 Å². The normalized spacial score (nSPS) is 24.6. The summed E-state index contributed by atoms with van der Waals surface area (Å²) in [5.74, 6) is 0.916. The Morgan fingerprint density at radius 3 is 3.19 bits per heavy atom. The third-order valence-corrected chi connectivity index (χ3v) is 2.91. The lowest BCUT2D eigenvalue weighted by atomic mass is 10.2. The molecule has 0 spiro atoms. The van der Waals surface area contributed by atoms with E-state index in [0.29, 0.717) is 6.04 Å². The van der Waals surface area contributed by atoms with E-state index >= 15 is 0 Å². The molecule has 0 aromatic carbocycles. The Hall–Kier alpha value is -1.29. The first-order valence-electron chi connectivity index (χ1n) is 5.73. The third kappa shape index (κ3) is 2.27. The minimum atomic E-state index is 0.259. The van der Waals surface area contributed by atoms with Crippen molar-refractivity contribution in [2.45, 2.75) is 39.0 Å². The summed E-state index contributed by atoms with van der Waals surface area (Å²) in [4.78, 5) is 4.48. The van der Waals surface area contributed by atoms with Gasteiger partial charge in [-0.2, -0.15) is 0 Å². The number of nitrogens with zero attached hydrogens (tertiary/aromatic N) is 2. The van der Waals surface area contributed by atoms with Crippen molar-refractivity contribution >= 4 is 5.95 Å². The van der Waals surface area contributed by atoms with Crippen molar-refractivity contribution in [2.24, 2.45) is 0 Å². The molecule has 1 aliphatic heterocycles. The van der Waals surface area contributed by atoms with Gasteiger partial charge in [-0.15, -0.1) is 6.58 Å². The van der Waals surface area contributed by atoms with E-state index in [-0.39, 0.29) is 6.10 Å². The minimum absolute atomic E-state index is 0.259. The van der Waals surface area contributed by atoms with Gasteiger partial charge in [0.05, 0.1) is 17.8 Å². The van der Waals surface area contributed by atoms with Crippen LogP contribution in [0.15, 0.2) is 18.9 Å². The molecule has 88 valence electrons. The lowest BCUT2D eigenvalue weighted by Crippen LogP contribution is -2.28. The number of ether oxygens (including phenoxy) is 1. The van der Waals surface area contributed by atoms with E-state index in [4.69, 9.17) is 4.74 Å². The molecular weight excluding hydrogens is 202 g/mol. The molecule has 4 nitrogen and oxygen atoms in total. The molecule has 0 radical (unpaired) electrons. The topological polar surface area (TPSA) is 39.1 Å². The van der Waals surface area contributed by atoms with Crippen molar-refractivity contribution in [2.75, 3.05) is 11.9 Å². The van der Waals surface area contributed by atoms with E-state index in [1.54, 1.807) is 0 Å². The molecule has 1 aliphatic rings. The maximum absolute atomic E-state index is 5.52. The number of nitrogens with one attached hydrogen (secondary N) is 1. The standard InChI is InChI=1S/C12H19N3O/c1-4-6-15-8-9(2)13-12(15)14-11-5-7-16-10(11)3/h4,8,10-11H,1,5-7H2,2-3H3,(H,13,14). The summed E-state index contributed by atoms with van der Waals surface area (Å²) in [5, 5.41) is 3.44. The predicted octanol–water partition coefficient (Wildman–Crippen LogP) is 1.97. The van der Waals surface area contributed by atoms with Gasteiger partial charge >= 0.3 is 0 Å². The van der Waals surface area contributed by atoms with Gasteiger partial charge < -0.3 is 14.6 Å². The predicted molar refractivity (Wildman–Crippen MR) is 64.6 cm³/mol. The van der Waals surface area contributed by atoms with Gasteiger partial charge in [0.2, 0.25) is 5.95 Å². The van der Waals surface area contributed by atoms with Gasteiger partial charge in [0.25, 0.3) is 0 Å². The summed E-state index contributed by atoms with van der Waals surface area (Å²) in [5.41, 5.74) is 1.02. The summed E-state index contributed by atoms with van der Waals surface area (Å²) in [6.45, 7) is 9.46. The van der Waals surface area contributed by atoms with Crippen LogP contribution in [-0.4, -0.2) is 28.3 Å². The van der Waals surface area contributed by atoms with E-state index in [1.807, 2.05) is 19.2 Å². The van der Waals surface area contributed by atoms with Crippen LogP contribution in [0, 0.1) is 6.92 Å². The molecule has 0 bridgehead atoms. The maximum atomic E-state index is 5.52. The molecular formula is C12H19N3O. The summed E-state index contributed by atoms with van der Waals surface area (Å²) in [6.07, 6.45) is 5.21. The van der Waals surface area contributed by atoms with Crippen molar-refractivity contribution in [3.63, 3.8) is 0 Å². The Morgan fingerprint density at radius 1 is 1.75 bits per heavy atom. The Labute approximate surface area is 96.3 Å². The Balaban J connectivity index is 2.10. The van der Waals surface area contributed by atoms with Crippen LogP contribution >= 0.6 is 0 Å². The van der Waals surface area contributed by atoms with Crippen molar-refractivity contribution in [3.05, 3.63) is 24.5 Å². The molecule has 1 aromatic rings. The quantitative estimate of drug-likeness (QED) is 0.790. The van der Waals surface area contributed by atoms with Gasteiger partial charge in [-0.25, -0.2) is 4.98 Å². The molecule has 2 atom stereocenters. The first kappa shape index (κ1) is 11.2. The van der Waals surface area contributed by atoms with Crippen molar-refractivity contribution in [1.29, 1.82) is 0 Å². The smallest absolute Gasteiger partial charge is 0.203 e. The first-order valence-corrected chi connectivity index (χ1v) is 5.73. The van der Waals surface area contributed by atoms with Crippen LogP contribution < -0.4 is 5.32 Å². The minimum Gasteiger partial charge on any atom is -0.376 e. The number of aryl methyl sites for hydroxylation is 1. The molecule has 4 heteroatoms. The van der Waals surface area contributed by atoms with E-state index in [2.05, 4.69) is 28.4 Å². The highest BCUT2D eigenvalue weighted by Crippen LogP contribution is 2.18. The van der Waals surface area contributed by atoms with Gasteiger partial charge in [0.1, 0.15) is 0 Å². The highest BCUT2D eigenvalue weighted by atomic mass is 16.5. The Kier molecular flexibility index (Phi) is 3.29. The molecule has 2 unspecified atom stereocenters. The maximum Gasteiger partial charge on any atom is 0.203 e. The van der Waals surface area contributed by atoms with Crippen molar-refractivity contribution in [3.8, 4) is 0 Å². The van der Waals surface area contributed by atoms with Crippen LogP contribution in [0.3, 0.4) is 0 Å². The van der Waals surface area contributed by atoms with Gasteiger partial charge in [-0.3, -0.25) is 0 Å². The fraction of sp³-hybridized carbons (Fsp3) is 0.583. The highest BCUT2D eigenvalue weighted by Gasteiger charge is 2.25. The number of hydrogen-bond donors (Lipinski definition) is 1. The van der Waals surface area contributed by atoms with Crippen LogP contribution in [0.1, 0.15) is 19.0 Å². The molecule has 16 heavy (non-hydrogen) atoms. The number of rotatable bonds is 4. The lowest BCUT2D eigenvalue weighted by Gasteiger charge is -2.17. The average Bonchev–Trinajstić information content (AvgIpc) is 2.77. The second-order valence-electron chi connectivity index (χ2n) is 4.26. The SMILES string of the molecule is C=CCn1cc(C)nc1NC1CCOC1C. The van der Waals surface area contributed by atoms with Crippen LogP contribution in [-0.2, 0) is 11.3 Å². The Morgan fingerprint density at radius 2 is 2.56 bits per heavy atom. The lowest BCUT2D eigenvalue weighted by molar-refractivity contribution is 0.121. The monoisotopic (exact) mass is 221 g/mol. The zero-order chi connectivity index (χ0) is 11.5. The van der Waals surface area contributed by atoms with Gasteiger partial charge in [-0.1, -0.05) is 6.08 Å². The first-order chi connectivity index (χ1) is 7.70. The number of anilines is 1. The molecule has 2 heterocycles. The van der Waals surface area contributed by atoms with Crippen LogP contribution in [0.2, 0.25) is 0 Å². The van der Waals surface area contributed by atoms with Gasteiger partial charge in [-0.05, 0) is 20.3 Å². The summed E-state index contributed by atoms with van der Waals surface area (Å²) >= 11 is 0. The van der Waals surface area contributed by atoms with Gasteiger partial charge in [0, 0.05) is 19.3 Å². The van der Waals surface area contributed by atoms with E-state index < -0.39 is 0 Å².